The molecule has 0 aliphatic carbocycles. The van der Waals surface area contributed by atoms with Gasteiger partial charge in [0.05, 0.1) is 22.2 Å². The van der Waals surface area contributed by atoms with E-state index in [1.165, 1.54) is 6.07 Å². The zero-order chi connectivity index (χ0) is 33.9. The molecule has 47 heavy (non-hydrogen) atoms. The Morgan fingerprint density at radius 2 is 1.66 bits per heavy atom. The third-order valence-electron chi connectivity index (χ3n) is 8.78. The van der Waals surface area contributed by atoms with Crippen LogP contribution in [0.2, 0.25) is 16.6 Å². The quantitative estimate of drug-likeness (QED) is 0.0522. The summed E-state index contributed by atoms with van der Waals surface area (Å²) in [7, 11) is -0.636. The van der Waals surface area contributed by atoms with Gasteiger partial charge in [-0.2, -0.15) is 9.97 Å². The predicted octanol–water partition coefficient (Wildman–Crippen LogP) is 9.02. The Morgan fingerprint density at radius 3 is 2.30 bits per heavy atom. The number of rotatable bonds is 10. The van der Waals surface area contributed by atoms with E-state index in [0.717, 1.165) is 11.1 Å². The molecule has 0 amide bonds. The smallest absolute Gasteiger partial charge is 0.342 e. The minimum absolute atomic E-state index is 0.0367. The SMILES string of the molecule is COCOc1cc(-c2cc3nc([S+](C)[O-])ncc3c(Nc3ccccc3)n2)c2c(C#C[Si](C(C)C)(C(C)C)C(C)C)c(F)ccc2c1. The third kappa shape index (κ3) is 6.99. The molecular weight excluding hydrogens is 628 g/mol. The van der Waals surface area contributed by atoms with Gasteiger partial charge in [-0.25, -0.2) is 9.37 Å². The van der Waals surface area contributed by atoms with Gasteiger partial charge in [-0.15, -0.1) is 5.54 Å². The van der Waals surface area contributed by atoms with E-state index in [-0.39, 0.29) is 11.9 Å². The molecule has 1 unspecified atom stereocenters. The van der Waals surface area contributed by atoms with Crippen LogP contribution >= 0.6 is 0 Å². The van der Waals surface area contributed by atoms with Crippen LogP contribution in [0.1, 0.15) is 47.1 Å². The highest BCUT2D eigenvalue weighted by Gasteiger charge is 2.41. The molecule has 0 bridgehead atoms. The number of ether oxygens (including phenoxy) is 2. The maximum absolute atomic E-state index is 16.0. The summed E-state index contributed by atoms with van der Waals surface area (Å²) in [5, 5.41) is 5.64. The zero-order valence-electron chi connectivity index (χ0n) is 28.1. The molecule has 2 heterocycles. The van der Waals surface area contributed by atoms with E-state index in [0.29, 0.717) is 61.3 Å². The van der Waals surface area contributed by atoms with Gasteiger partial charge in [0.2, 0.25) is 0 Å². The fourth-order valence-corrected chi connectivity index (χ4v) is 12.2. The van der Waals surface area contributed by atoms with Crippen LogP contribution in [0.4, 0.5) is 15.9 Å². The molecule has 0 saturated heterocycles. The number of anilines is 2. The van der Waals surface area contributed by atoms with Gasteiger partial charge >= 0.3 is 5.16 Å². The van der Waals surface area contributed by atoms with Crippen LogP contribution in [0.3, 0.4) is 0 Å². The number of nitrogens with one attached hydrogen (secondary N) is 1. The summed E-state index contributed by atoms with van der Waals surface area (Å²) in [5.41, 5.74) is 7.69. The predicted molar refractivity (Wildman–Crippen MR) is 193 cm³/mol. The van der Waals surface area contributed by atoms with Crippen LogP contribution in [-0.4, -0.2) is 47.7 Å². The van der Waals surface area contributed by atoms with Crippen molar-refractivity contribution in [2.24, 2.45) is 0 Å². The fourth-order valence-electron chi connectivity index (χ4n) is 6.59. The Bertz CT molecular complexity index is 1940. The highest BCUT2D eigenvalue weighted by atomic mass is 32.2. The molecule has 0 fully saturated rings. The highest BCUT2D eigenvalue weighted by Crippen LogP contribution is 2.42. The minimum atomic E-state index is -2.19. The lowest BCUT2D eigenvalue weighted by atomic mass is 9.96. The molecule has 7 nitrogen and oxygen atoms in total. The van der Waals surface area contributed by atoms with Crippen molar-refractivity contribution in [3.05, 3.63) is 78.2 Å². The maximum Gasteiger partial charge on any atom is 0.342 e. The number of hydrogen-bond donors (Lipinski definition) is 1. The summed E-state index contributed by atoms with van der Waals surface area (Å²) in [6.07, 6.45) is 3.17. The van der Waals surface area contributed by atoms with Gasteiger partial charge < -0.3 is 19.3 Å². The van der Waals surface area contributed by atoms with Crippen LogP contribution < -0.4 is 10.1 Å². The summed E-state index contributed by atoms with van der Waals surface area (Å²) in [5.74, 6) is 4.03. The number of halogens is 1. The van der Waals surface area contributed by atoms with E-state index in [1.54, 1.807) is 25.6 Å². The van der Waals surface area contributed by atoms with Gasteiger partial charge in [0.1, 0.15) is 31.7 Å². The molecule has 0 aliphatic rings. The zero-order valence-corrected chi connectivity index (χ0v) is 30.0. The molecule has 244 valence electrons. The molecule has 0 aliphatic heterocycles. The van der Waals surface area contributed by atoms with Crippen LogP contribution in [0.5, 0.6) is 5.75 Å². The lowest BCUT2D eigenvalue weighted by Crippen LogP contribution is -2.43. The topological polar surface area (TPSA) is 92.2 Å². The molecule has 0 radical (unpaired) electrons. The van der Waals surface area contributed by atoms with Crippen LogP contribution in [0, 0.1) is 17.3 Å². The Kier molecular flexibility index (Phi) is 10.5. The van der Waals surface area contributed by atoms with E-state index >= 15 is 4.39 Å². The summed E-state index contributed by atoms with van der Waals surface area (Å²) < 4.78 is 39.5. The average Bonchev–Trinajstić information content (AvgIpc) is 3.04. The first-order chi connectivity index (χ1) is 22.5. The normalized spacial score (nSPS) is 12.5. The summed E-state index contributed by atoms with van der Waals surface area (Å²) in [6.45, 7) is 13.5. The Balaban J connectivity index is 1.85. The monoisotopic (exact) mass is 668 g/mol. The first-order valence-corrected chi connectivity index (χ1v) is 19.5. The van der Waals surface area contributed by atoms with Crippen molar-refractivity contribution in [3.63, 3.8) is 0 Å². The van der Waals surface area contributed by atoms with E-state index in [9.17, 15) is 4.55 Å². The van der Waals surface area contributed by atoms with Gasteiger partial charge in [0.15, 0.2) is 6.79 Å². The lowest BCUT2D eigenvalue weighted by Gasteiger charge is -2.38. The average molecular weight is 669 g/mol. The summed E-state index contributed by atoms with van der Waals surface area (Å²) in [4.78, 5) is 14.0. The Labute approximate surface area is 280 Å². The number of para-hydroxylation sites is 1. The Morgan fingerprint density at radius 1 is 0.957 bits per heavy atom. The molecular formula is C37H41FN4O3SSi. The molecule has 0 saturated carbocycles. The van der Waals surface area contributed by atoms with E-state index < -0.39 is 25.1 Å². The highest BCUT2D eigenvalue weighted by molar-refractivity contribution is 7.90. The fraction of sp³-hybridized carbons (Fsp3) is 0.324. The minimum Gasteiger partial charge on any atom is -0.609 e. The van der Waals surface area contributed by atoms with Crippen LogP contribution in [0.25, 0.3) is 32.9 Å². The second-order valence-electron chi connectivity index (χ2n) is 12.6. The molecule has 0 spiro atoms. The summed E-state index contributed by atoms with van der Waals surface area (Å²) in [6, 6.07) is 18.4. The third-order valence-corrected chi connectivity index (χ3v) is 15.8. The second-order valence-corrected chi connectivity index (χ2v) is 19.4. The van der Waals surface area contributed by atoms with E-state index in [4.69, 9.17) is 14.5 Å². The van der Waals surface area contributed by atoms with E-state index in [1.807, 2.05) is 48.5 Å². The van der Waals surface area contributed by atoms with Crippen molar-refractivity contribution in [3.8, 4) is 28.5 Å². The van der Waals surface area contributed by atoms with Crippen molar-refractivity contribution in [1.82, 2.24) is 15.0 Å². The number of pyridine rings is 1. The van der Waals surface area contributed by atoms with Gasteiger partial charge in [-0.05, 0) is 58.4 Å². The van der Waals surface area contributed by atoms with Crippen molar-refractivity contribution in [2.45, 2.75) is 63.3 Å². The summed E-state index contributed by atoms with van der Waals surface area (Å²) >= 11 is -1.40. The van der Waals surface area contributed by atoms with Gasteiger partial charge in [-0.1, -0.05) is 71.7 Å². The lowest BCUT2D eigenvalue weighted by molar-refractivity contribution is 0.0512. The number of aromatic nitrogens is 3. The van der Waals surface area contributed by atoms with Crippen molar-refractivity contribution in [2.75, 3.05) is 25.5 Å². The molecule has 3 aromatic carbocycles. The maximum atomic E-state index is 16.0. The molecule has 1 N–H and O–H groups in total. The molecule has 2 aromatic heterocycles. The Hall–Kier alpha value is -4.01. The number of nitrogens with zero attached hydrogens (tertiary/aromatic N) is 3. The van der Waals surface area contributed by atoms with Gasteiger partial charge in [-0.3, -0.25) is 0 Å². The second kappa shape index (κ2) is 14.4. The molecule has 1 atom stereocenters. The van der Waals surface area contributed by atoms with Gasteiger partial charge in [0, 0.05) is 41.1 Å². The largest absolute Gasteiger partial charge is 0.609 e. The van der Waals surface area contributed by atoms with Crippen molar-refractivity contribution in [1.29, 1.82) is 0 Å². The first-order valence-electron chi connectivity index (χ1n) is 15.7. The molecule has 5 aromatic rings. The molecule has 5 rings (SSSR count). The standard InChI is InChI=1S/C37H41FN4O3SSi/c1-23(2)47(24(3)4,25(5)6)17-16-29-32(38)15-14-26-18-28(45-22-44-7)19-30(35(26)29)33-20-34-31(21-39-37(42-34)46(8)43)36(41-33)40-27-12-10-9-11-13-27/h9-15,18-21,23-25H,22H2,1-8H3,(H,40,41). The number of benzene rings is 3. The first kappa shape index (κ1) is 34.3. The number of fused-ring (bicyclic) bond motifs is 2. The van der Waals surface area contributed by atoms with Crippen molar-refractivity contribution >= 4 is 52.4 Å². The van der Waals surface area contributed by atoms with E-state index in [2.05, 4.69) is 68.3 Å². The number of hydrogen-bond acceptors (Lipinski definition) is 7. The van der Waals surface area contributed by atoms with Gasteiger partial charge in [0.25, 0.3) is 0 Å². The van der Waals surface area contributed by atoms with Crippen LogP contribution in [-0.2, 0) is 15.9 Å². The molecule has 10 heteroatoms. The van der Waals surface area contributed by atoms with Crippen molar-refractivity contribution < 1.29 is 18.4 Å². The number of methoxy groups -OCH3 is 1. The van der Waals surface area contributed by atoms with Crippen LogP contribution in [0.15, 0.2) is 72.0 Å².